The van der Waals surface area contributed by atoms with E-state index < -0.39 is 0 Å². The molecule has 2 unspecified atom stereocenters. The van der Waals surface area contributed by atoms with Crippen LogP contribution in [0.2, 0.25) is 0 Å². The van der Waals surface area contributed by atoms with Crippen molar-refractivity contribution in [3.8, 4) is 0 Å². The van der Waals surface area contributed by atoms with Crippen LogP contribution in [-0.2, 0) is 9.59 Å². The van der Waals surface area contributed by atoms with Crippen LogP contribution in [0.1, 0.15) is 13.3 Å². The van der Waals surface area contributed by atoms with Gasteiger partial charge in [-0.15, -0.1) is 12.4 Å². The first-order valence-corrected chi connectivity index (χ1v) is 7.34. The van der Waals surface area contributed by atoms with Gasteiger partial charge in [0.2, 0.25) is 11.8 Å². The number of benzene rings is 1. The number of halogens is 1. The number of amides is 2. The minimum absolute atomic E-state index is 0. The summed E-state index contributed by atoms with van der Waals surface area (Å²) in [7, 11) is 3.55. The normalized spacial score (nSPS) is 18.8. The molecule has 0 bridgehead atoms. The van der Waals surface area contributed by atoms with Gasteiger partial charge in [-0.05, 0) is 25.6 Å². The predicted molar refractivity (Wildman–Crippen MR) is 90.3 cm³/mol. The van der Waals surface area contributed by atoms with Crippen molar-refractivity contribution < 1.29 is 9.59 Å². The molecule has 122 valence electrons. The molecular weight excluding hydrogens is 302 g/mol. The molecule has 1 N–H and O–H groups in total. The lowest BCUT2D eigenvalue weighted by Gasteiger charge is -2.26. The number of hydrogen-bond donors (Lipinski definition) is 1. The van der Waals surface area contributed by atoms with Gasteiger partial charge >= 0.3 is 0 Å². The standard InChI is InChI=1S/C16H23N3O2.ClH/c1-12(11-17-2)15(20)18(3)14-9-10-19(16(14)21)13-7-5-4-6-8-13;/h4-8,12,14,17H,9-11H2,1-3H3;1H. The Bertz CT molecular complexity index is 509. The van der Waals surface area contributed by atoms with Gasteiger partial charge < -0.3 is 15.1 Å². The van der Waals surface area contributed by atoms with Crippen molar-refractivity contribution in [3.63, 3.8) is 0 Å². The fraction of sp³-hybridized carbons (Fsp3) is 0.500. The first kappa shape index (κ1) is 18.5. The molecule has 1 heterocycles. The van der Waals surface area contributed by atoms with Crippen LogP contribution < -0.4 is 10.2 Å². The smallest absolute Gasteiger partial charge is 0.249 e. The van der Waals surface area contributed by atoms with Gasteiger partial charge in [0.05, 0.1) is 0 Å². The van der Waals surface area contributed by atoms with Gasteiger partial charge in [-0.2, -0.15) is 0 Å². The van der Waals surface area contributed by atoms with Crippen LogP contribution in [0.4, 0.5) is 5.69 Å². The van der Waals surface area contributed by atoms with Crippen LogP contribution in [0.15, 0.2) is 30.3 Å². The third-order valence-electron chi connectivity index (χ3n) is 3.99. The van der Waals surface area contributed by atoms with Crippen molar-refractivity contribution in [1.29, 1.82) is 0 Å². The number of nitrogens with one attached hydrogen (secondary N) is 1. The van der Waals surface area contributed by atoms with Crippen LogP contribution in [0.5, 0.6) is 0 Å². The Morgan fingerprint density at radius 1 is 1.41 bits per heavy atom. The van der Waals surface area contributed by atoms with E-state index in [0.29, 0.717) is 19.5 Å². The number of hydrogen-bond acceptors (Lipinski definition) is 3. The monoisotopic (exact) mass is 325 g/mol. The van der Waals surface area contributed by atoms with E-state index in [-0.39, 0.29) is 36.2 Å². The van der Waals surface area contributed by atoms with Crippen molar-refractivity contribution >= 4 is 29.9 Å². The summed E-state index contributed by atoms with van der Waals surface area (Å²) < 4.78 is 0. The van der Waals surface area contributed by atoms with E-state index in [0.717, 1.165) is 5.69 Å². The molecule has 22 heavy (non-hydrogen) atoms. The summed E-state index contributed by atoms with van der Waals surface area (Å²) in [5.74, 6) is -0.107. The van der Waals surface area contributed by atoms with Crippen molar-refractivity contribution in [2.75, 3.05) is 32.1 Å². The summed E-state index contributed by atoms with van der Waals surface area (Å²) in [4.78, 5) is 28.2. The Labute approximate surface area is 138 Å². The number of carbonyl (C=O) groups excluding carboxylic acids is 2. The maximum Gasteiger partial charge on any atom is 0.249 e. The van der Waals surface area contributed by atoms with Crippen LogP contribution in [0.3, 0.4) is 0 Å². The maximum atomic E-state index is 12.5. The van der Waals surface area contributed by atoms with E-state index in [1.807, 2.05) is 44.3 Å². The number of anilines is 1. The van der Waals surface area contributed by atoms with E-state index in [2.05, 4.69) is 5.32 Å². The topological polar surface area (TPSA) is 52.7 Å². The molecule has 0 radical (unpaired) electrons. The summed E-state index contributed by atoms with van der Waals surface area (Å²) in [6.07, 6.45) is 0.683. The molecule has 1 aliphatic rings. The molecule has 1 aliphatic heterocycles. The third-order valence-corrected chi connectivity index (χ3v) is 3.99. The van der Waals surface area contributed by atoms with E-state index >= 15 is 0 Å². The second-order valence-electron chi connectivity index (χ2n) is 5.54. The Kier molecular flexibility index (Phi) is 6.84. The second kappa shape index (κ2) is 8.15. The quantitative estimate of drug-likeness (QED) is 0.893. The average Bonchev–Trinajstić information content (AvgIpc) is 2.88. The Morgan fingerprint density at radius 3 is 2.64 bits per heavy atom. The van der Waals surface area contributed by atoms with Crippen molar-refractivity contribution in [2.45, 2.75) is 19.4 Å². The minimum Gasteiger partial charge on any atom is -0.333 e. The van der Waals surface area contributed by atoms with E-state index in [4.69, 9.17) is 0 Å². The fourth-order valence-corrected chi connectivity index (χ4v) is 2.78. The minimum atomic E-state index is -0.350. The Morgan fingerprint density at radius 2 is 2.05 bits per heavy atom. The lowest BCUT2D eigenvalue weighted by Crippen LogP contribution is -2.46. The van der Waals surface area contributed by atoms with Gasteiger partial charge in [0.25, 0.3) is 0 Å². The number of carbonyl (C=O) groups is 2. The maximum absolute atomic E-state index is 12.5. The van der Waals surface area contributed by atoms with Gasteiger partial charge in [-0.3, -0.25) is 9.59 Å². The largest absolute Gasteiger partial charge is 0.333 e. The highest BCUT2D eigenvalue weighted by atomic mass is 35.5. The van der Waals surface area contributed by atoms with Gasteiger partial charge in [-0.1, -0.05) is 25.1 Å². The van der Waals surface area contributed by atoms with Crippen LogP contribution in [-0.4, -0.2) is 49.9 Å². The number of likely N-dealkylation sites (N-methyl/N-ethyl adjacent to an activating group) is 1. The van der Waals surface area contributed by atoms with Gasteiger partial charge in [-0.25, -0.2) is 0 Å². The lowest BCUT2D eigenvalue weighted by molar-refractivity contribution is -0.139. The molecule has 1 aromatic carbocycles. The van der Waals surface area contributed by atoms with Crippen molar-refractivity contribution in [3.05, 3.63) is 30.3 Å². The van der Waals surface area contributed by atoms with E-state index in [1.165, 1.54) is 0 Å². The van der Waals surface area contributed by atoms with Gasteiger partial charge in [0.1, 0.15) is 6.04 Å². The van der Waals surface area contributed by atoms with Crippen molar-refractivity contribution in [2.24, 2.45) is 5.92 Å². The number of rotatable bonds is 5. The molecule has 0 spiro atoms. The number of para-hydroxylation sites is 1. The zero-order chi connectivity index (χ0) is 15.4. The fourth-order valence-electron chi connectivity index (χ4n) is 2.78. The summed E-state index contributed by atoms with van der Waals surface area (Å²) in [6, 6.07) is 9.25. The molecule has 1 saturated heterocycles. The summed E-state index contributed by atoms with van der Waals surface area (Å²) in [5.41, 5.74) is 0.897. The number of nitrogens with zero attached hydrogens (tertiary/aromatic N) is 2. The molecular formula is C16H24ClN3O2. The second-order valence-corrected chi connectivity index (χ2v) is 5.54. The highest BCUT2D eigenvalue weighted by Crippen LogP contribution is 2.24. The highest BCUT2D eigenvalue weighted by molar-refractivity contribution is 6.01. The predicted octanol–water partition coefficient (Wildman–Crippen LogP) is 1.53. The molecule has 5 nitrogen and oxygen atoms in total. The third kappa shape index (κ3) is 3.78. The van der Waals surface area contributed by atoms with E-state index in [9.17, 15) is 9.59 Å². The van der Waals surface area contributed by atoms with Crippen LogP contribution in [0.25, 0.3) is 0 Å². The molecule has 6 heteroatoms. The average molecular weight is 326 g/mol. The molecule has 0 aliphatic carbocycles. The molecule has 2 atom stereocenters. The molecule has 1 aromatic rings. The molecule has 2 amide bonds. The zero-order valence-corrected chi connectivity index (χ0v) is 14.1. The SMILES string of the molecule is CNCC(C)C(=O)N(C)C1CCN(c2ccccc2)C1=O.Cl. The highest BCUT2D eigenvalue weighted by Gasteiger charge is 2.37. The lowest BCUT2D eigenvalue weighted by atomic mass is 10.1. The molecule has 2 rings (SSSR count). The van der Waals surface area contributed by atoms with Crippen LogP contribution in [0, 0.1) is 5.92 Å². The molecule has 0 aromatic heterocycles. The Hall–Kier alpha value is -1.59. The Balaban J connectivity index is 0.00000242. The van der Waals surface area contributed by atoms with E-state index in [1.54, 1.807) is 16.8 Å². The van der Waals surface area contributed by atoms with Gasteiger partial charge in [0, 0.05) is 31.7 Å². The van der Waals surface area contributed by atoms with Gasteiger partial charge in [0.15, 0.2) is 0 Å². The summed E-state index contributed by atoms with van der Waals surface area (Å²) in [6.45, 7) is 3.15. The van der Waals surface area contributed by atoms with Crippen molar-refractivity contribution in [1.82, 2.24) is 10.2 Å². The zero-order valence-electron chi connectivity index (χ0n) is 13.3. The molecule has 0 saturated carbocycles. The summed E-state index contributed by atoms with van der Waals surface area (Å²) >= 11 is 0. The van der Waals surface area contributed by atoms with Crippen LogP contribution >= 0.6 is 12.4 Å². The first-order chi connectivity index (χ1) is 10.1. The molecule has 1 fully saturated rings. The summed E-state index contributed by atoms with van der Waals surface area (Å²) in [5, 5.41) is 3.00. The first-order valence-electron chi connectivity index (χ1n) is 7.34.